The average molecular weight is 430 g/mol. The summed E-state index contributed by atoms with van der Waals surface area (Å²) in [4.78, 5) is 37.1. The van der Waals surface area contributed by atoms with Crippen LogP contribution in [0.1, 0.15) is 24.0 Å². The molecular formula is C22H22N8O2. The lowest BCUT2D eigenvalue weighted by Crippen LogP contribution is -2.57. The van der Waals surface area contributed by atoms with Crippen molar-refractivity contribution in [2.24, 2.45) is 10.2 Å². The summed E-state index contributed by atoms with van der Waals surface area (Å²) in [6.45, 7) is 0.873. The molecule has 0 unspecified atom stereocenters. The van der Waals surface area contributed by atoms with E-state index in [0.29, 0.717) is 48.4 Å². The number of likely N-dealkylation sites (tertiary alicyclic amines) is 2. The van der Waals surface area contributed by atoms with E-state index in [1.807, 2.05) is 0 Å². The van der Waals surface area contributed by atoms with Crippen molar-refractivity contribution < 1.29 is 9.59 Å². The van der Waals surface area contributed by atoms with Crippen molar-refractivity contribution >= 4 is 23.2 Å². The van der Waals surface area contributed by atoms with Gasteiger partial charge in [-0.05, 0) is 35.0 Å². The summed E-state index contributed by atoms with van der Waals surface area (Å²) in [6.07, 6.45) is 0.703. The maximum Gasteiger partial charge on any atom is 0.234 e. The molecule has 2 saturated heterocycles. The Balaban J connectivity index is 2.16. The lowest BCUT2D eigenvalue weighted by Gasteiger charge is -2.45. The molecule has 162 valence electrons. The molecule has 2 fully saturated rings. The summed E-state index contributed by atoms with van der Waals surface area (Å²) in [5, 5.41) is 7.72. The normalized spacial score (nSPS) is 24.9. The fourth-order valence-electron chi connectivity index (χ4n) is 5.43. The minimum absolute atomic E-state index is 0.225. The Hall–Kier alpha value is -4.00. The van der Waals surface area contributed by atoms with Crippen LogP contribution in [0.3, 0.4) is 0 Å². The highest BCUT2D eigenvalue weighted by atomic mass is 16.2. The summed E-state index contributed by atoms with van der Waals surface area (Å²) in [7, 11) is 3.41. The number of hydrogen-bond donors (Lipinski definition) is 0. The van der Waals surface area contributed by atoms with Crippen molar-refractivity contribution in [3.8, 4) is 0 Å². The fourth-order valence-corrected chi connectivity index (χ4v) is 5.43. The van der Waals surface area contributed by atoms with Crippen molar-refractivity contribution in [3.05, 3.63) is 80.5 Å². The zero-order chi connectivity index (χ0) is 22.9. The molecule has 2 aromatic carbocycles. The fraction of sp³-hybridized carbons (Fsp3) is 0.364. The van der Waals surface area contributed by atoms with Crippen LogP contribution >= 0.6 is 0 Å². The maximum atomic E-state index is 14.0. The Morgan fingerprint density at radius 2 is 1.12 bits per heavy atom. The van der Waals surface area contributed by atoms with Crippen molar-refractivity contribution in [1.82, 2.24) is 9.80 Å². The van der Waals surface area contributed by atoms with Crippen molar-refractivity contribution in [1.29, 1.82) is 0 Å². The number of nitrogens with zero attached hydrogens (tertiary/aromatic N) is 8. The smallest absolute Gasteiger partial charge is 0.234 e. The zero-order valence-corrected chi connectivity index (χ0v) is 17.8. The highest BCUT2D eigenvalue weighted by Crippen LogP contribution is 2.58. The van der Waals surface area contributed by atoms with E-state index in [9.17, 15) is 20.7 Å². The average Bonchev–Trinajstić information content (AvgIpc) is 3.27. The molecule has 2 aliphatic heterocycles. The Labute approximate surface area is 184 Å². The van der Waals surface area contributed by atoms with Gasteiger partial charge in [-0.25, -0.2) is 0 Å². The molecule has 0 N–H and O–H groups in total. The van der Waals surface area contributed by atoms with Crippen LogP contribution in [0.4, 0.5) is 11.4 Å². The molecule has 0 aromatic heterocycles. The molecular weight excluding hydrogens is 408 g/mol. The Kier molecular flexibility index (Phi) is 5.26. The lowest BCUT2D eigenvalue weighted by atomic mass is 9.54. The zero-order valence-electron chi connectivity index (χ0n) is 17.8. The second-order valence-electron chi connectivity index (χ2n) is 8.18. The van der Waals surface area contributed by atoms with Crippen LogP contribution in [0, 0.1) is 0 Å². The monoisotopic (exact) mass is 430 g/mol. The molecule has 10 nitrogen and oxygen atoms in total. The van der Waals surface area contributed by atoms with Gasteiger partial charge in [0.05, 0.1) is 10.8 Å². The SMILES string of the molecule is CN1CC[C@@](c2ccccc2N=[N+]=[N-])([C@]2(c3ccccc3N=[N+]=[N-])CCN(C)C2=O)C1=O. The minimum Gasteiger partial charge on any atom is -0.345 e. The maximum absolute atomic E-state index is 14.0. The van der Waals surface area contributed by atoms with Gasteiger partial charge >= 0.3 is 0 Å². The third-order valence-corrected chi connectivity index (χ3v) is 6.83. The van der Waals surface area contributed by atoms with Crippen molar-refractivity contribution in [3.63, 3.8) is 0 Å². The molecule has 0 aliphatic carbocycles. The molecule has 10 heteroatoms. The van der Waals surface area contributed by atoms with Crippen molar-refractivity contribution in [2.75, 3.05) is 27.2 Å². The molecule has 2 aliphatic rings. The lowest BCUT2D eigenvalue weighted by molar-refractivity contribution is -0.142. The van der Waals surface area contributed by atoms with Gasteiger partial charge in [0.1, 0.15) is 0 Å². The molecule has 4 rings (SSSR count). The van der Waals surface area contributed by atoms with E-state index >= 15 is 0 Å². The van der Waals surface area contributed by atoms with Crippen LogP contribution in [0.15, 0.2) is 58.8 Å². The molecule has 0 bridgehead atoms. The molecule has 32 heavy (non-hydrogen) atoms. The Morgan fingerprint density at radius 3 is 1.44 bits per heavy atom. The summed E-state index contributed by atoms with van der Waals surface area (Å²) in [5.41, 5.74) is 17.3. The van der Waals surface area contributed by atoms with Gasteiger partial charge in [0.25, 0.3) is 0 Å². The van der Waals surface area contributed by atoms with E-state index in [0.717, 1.165) is 0 Å². The molecule has 2 heterocycles. The quantitative estimate of drug-likeness (QED) is 0.392. The first kappa shape index (κ1) is 21.2. The van der Waals surface area contributed by atoms with Gasteiger partial charge in [0.15, 0.2) is 0 Å². The van der Waals surface area contributed by atoms with E-state index in [1.54, 1.807) is 72.4 Å². The Morgan fingerprint density at radius 1 is 0.750 bits per heavy atom. The van der Waals surface area contributed by atoms with Crippen molar-refractivity contribution in [2.45, 2.75) is 23.7 Å². The third kappa shape index (κ3) is 2.74. The highest BCUT2D eigenvalue weighted by Gasteiger charge is 2.68. The predicted molar refractivity (Wildman–Crippen MR) is 118 cm³/mol. The van der Waals surface area contributed by atoms with Crippen LogP contribution < -0.4 is 0 Å². The van der Waals surface area contributed by atoms with Crippen LogP contribution in [0.2, 0.25) is 0 Å². The summed E-state index contributed by atoms with van der Waals surface area (Å²) in [5.74, 6) is -0.449. The number of azide groups is 2. The molecule has 0 saturated carbocycles. The molecule has 2 aromatic rings. The third-order valence-electron chi connectivity index (χ3n) is 6.83. The highest BCUT2D eigenvalue weighted by molar-refractivity contribution is 6.05. The number of carbonyl (C=O) groups is 2. The molecule has 0 radical (unpaired) electrons. The van der Waals surface area contributed by atoms with Gasteiger partial charge < -0.3 is 9.80 Å². The van der Waals surface area contributed by atoms with Crippen LogP contribution in [-0.2, 0) is 20.4 Å². The van der Waals surface area contributed by atoms with Gasteiger partial charge in [0, 0.05) is 48.4 Å². The van der Waals surface area contributed by atoms with Gasteiger partial charge in [-0.2, -0.15) is 0 Å². The number of likely N-dealkylation sites (N-methyl/N-ethyl adjacent to an activating group) is 2. The number of rotatable bonds is 5. The van der Waals surface area contributed by atoms with E-state index in [2.05, 4.69) is 20.1 Å². The molecule has 2 atom stereocenters. The van der Waals surface area contributed by atoms with E-state index in [4.69, 9.17) is 0 Å². The first-order chi connectivity index (χ1) is 15.4. The molecule has 2 amide bonds. The van der Waals surface area contributed by atoms with Crippen LogP contribution in [0.5, 0.6) is 0 Å². The second-order valence-corrected chi connectivity index (χ2v) is 8.18. The number of carbonyl (C=O) groups excluding carboxylic acids is 2. The van der Waals surface area contributed by atoms with E-state index in [1.165, 1.54) is 0 Å². The molecule has 0 spiro atoms. The summed E-state index contributed by atoms with van der Waals surface area (Å²) in [6, 6.07) is 13.8. The van der Waals surface area contributed by atoms with Gasteiger partial charge in [-0.15, -0.1) is 0 Å². The number of amides is 2. The summed E-state index contributed by atoms with van der Waals surface area (Å²) < 4.78 is 0. The predicted octanol–water partition coefficient (Wildman–Crippen LogP) is 4.47. The van der Waals surface area contributed by atoms with Crippen LogP contribution in [0.25, 0.3) is 20.9 Å². The standard InChI is InChI=1S/C22H22N8O2/c1-29-13-11-21(19(29)31,15-7-3-5-9-17(15)25-27-23)22(12-14-30(2)20(22)32)16-8-4-6-10-18(16)26-28-24/h3-10H,11-14H2,1-2H3/t21-,22-/m0/s1. The Bertz CT molecular complexity index is 1110. The summed E-state index contributed by atoms with van der Waals surface area (Å²) >= 11 is 0. The van der Waals surface area contributed by atoms with Crippen LogP contribution in [-0.4, -0.2) is 48.8 Å². The minimum atomic E-state index is -1.32. The van der Waals surface area contributed by atoms with Gasteiger partial charge in [0.2, 0.25) is 11.8 Å². The number of benzene rings is 2. The van der Waals surface area contributed by atoms with E-state index in [-0.39, 0.29) is 11.8 Å². The van der Waals surface area contributed by atoms with Gasteiger partial charge in [-0.1, -0.05) is 58.8 Å². The first-order valence-corrected chi connectivity index (χ1v) is 10.2. The number of hydrogen-bond acceptors (Lipinski definition) is 4. The second kappa shape index (κ2) is 7.92. The first-order valence-electron chi connectivity index (χ1n) is 10.2. The topological polar surface area (TPSA) is 138 Å². The van der Waals surface area contributed by atoms with Gasteiger partial charge in [-0.3, -0.25) is 9.59 Å². The largest absolute Gasteiger partial charge is 0.345 e. The van der Waals surface area contributed by atoms with E-state index < -0.39 is 10.8 Å².